The molecule has 2 atom stereocenters. The Morgan fingerprint density at radius 2 is 1.95 bits per heavy atom. The summed E-state index contributed by atoms with van der Waals surface area (Å²) in [6.45, 7) is 6.64. The number of methoxy groups -OCH3 is 1. The van der Waals surface area contributed by atoms with Crippen LogP contribution in [0.4, 0.5) is 5.69 Å². The second-order valence-corrected chi connectivity index (χ2v) is 5.04. The van der Waals surface area contributed by atoms with E-state index in [-0.39, 0.29) is 5.97 Å². The second-order valence-electron chi connectivity index (χ2n) is 5.04. The molecule has 0 spiro atoms. The number of hydrogen-bond acceptors (Lipinski definition) is 3. The van der Waals surface area contributed by atoms with Crippen LogP contribution in [0.25, 0.3) is 0 Å². The SMILES string of the molecule is CCC(C)CC(CC)Nc1ccccc1C(=O)OC. The summed E-state index contributed by atoms with van der Waals surface area (Å²) in [6, 6.07) is 7.91. The third-order valence-electron chi connectivity index (χ3n) is 3.57. The van der Waals surface area contributed by atoms with Gasteiger partial charge in [-0.1, -0.05) is 39.3 Å². The predicted molar refractivity (Wildman–Crippen MR) is 79.6 cm³/mol. The van der Waals surface area contributed by atoms with Crippen LogP contribution in [0.1, 0.15) is 50.4 Å². The summed E-state index contributed by atoms with van der Waals surface area (Å²) in [4.78, 5) is 11.7. The highest BCUT2D eigenvalue weighted by Gasteiger charge is 2.15. The highest BCUT2D eigenvalue weighted by molar-refractivity contribution is 5.95. The molecule has 0 amide bonds. The summed E-state index contributed by atoms with van der Waals surface area (Å²) >= 11 is 0. The third-order valence-corrected chi connectivity index (χ3v) is 3.57. The lowest BCUT2D eigenvalue weighted by atomic mass is 9.97. The zero-order chi connectivity index (χ0) is 14.3. The molecule has 0 heterocycles. The lowest BCUT2D eigenvalue weighted by molar-refractivity contribution is 0.0602. The van der Waals surface area contributed by atoms with Gasteiger partial charge in [0.2, 0.25) is 0 Å². The first kappa shape index (κ1) is 15.5. The highest BCUT2D eigenvalue weighted by atomic mass is 16.5. The van der Waals surface area contributed by atoms with Crippen molar-refractivity contribution in [3.05, 3.63) is 29.8 Å². The molecule has 0 saturated carbocycles. The average Bonchev–Trinajstić information content (AvgIpc) is 2.45. The number of carbonyl (C=O) groups is 1. The van der Waals surface area contributed by atoms with E-state index in [1.165, 1.54) is 13.5 Å². The van der Waals surface area contributed by atoms with Crippen LogP contribution in [-0.4, -0.2) is 19.1 Å². The van der Waals surface area contributed by atoms with Crippen LogP contribution in [0.3, 0.4) is 0 Å². The van der Waals surface area contributed by atoms with E-state index in [1.807, 2.05) is 18.2 Å². The number of carbonyl (C=O) groups excluding carboxylic acids is 1. The lowest BCUT2D eigenvalue weighted by Gasteiger charge is -2.22. The van der Waals surface area contributed by atoms with Crippen molar-refractivity contribution in [2.75, 3.05) is 12.4 Å². The second kappa shape index (κ2) is 7.82. The molecule has 106 valence electrons. The summed E-state index contributed by atoms with van der Waals surface area (Å²) in [6.07, 6.45) is 3.33. The Morgan fingerprint density at radius 1 is 1.26 bits per heavy atom. The summed E-state index contributed by atoms with van der Waals surface area (Å²) in [5, 5.41) is 3.48. The van der Waals surface area contributed by atoms with Crippen molar-refractivity contribution in [1.29, 1.82) is 0 Å². The summed E-state index contributed by atoms with van der Waals surface area (Å²) in [7, 11) is 1.41. The molecule has 3 nitrogen and oxygen atoms in total. The molecule has 0 bridgehead atoms. The molecule has 0 aromatic heterocycles. The Hall–Kier alpha value is -1.51. The molecular formula is C16H25NO2. The van der Waals surface area contributed by atoms with Crippen LogP contribution in [0.2, 0.25) is 0 Å². The minimum atomic E-state index is -0.290. The average molecular weight is 263 g/mol. The smallest absolute Gasteiger partial charge is 0.339 e. The highest BCUT2D eigenvalue weighted by Crippen LogP contribution is 2.21. The fraction of sp³-hybridized carbons (Fsp3) is 0.562. The van der Waals surface area contributed by atoms with E-state index in [0.717, 1.165) is 18.5 Å². The topological polar surface area (TPSA) is 38.3 Å². The molecule has 1 aromatic rings. The van der Waals surface area contributed by atoms with E-state index in [4.69, 9.17) is 4.74 Å². The van der Waals surface area contributed by atoms with E-state index in [9.17, 15) is 4.79 Å². The maximum absolute atomic E-state index is 11.7. The molecule has 3 heteroatoms. The van der Waals surface area contributed by atoms with Gasteiger partial charge in [0.05, 0.1) is 12.7 Å². The third kappa shape index (κ3) is 4.58. The first-order chi connectivity index (χ1) is 9.12. The van der Waals surface area contributed by atoms with Crippen LogP contribution in [-0.2, 0) is 4.74 Å². The van der Waals surface area contributed by atoms with Crippen molar-refractivity contribution in [1.82, 2.24) is 0 Å². The Balaban J connectivity index is 2.82. The molecule has 0 aliphatic rings. The van der Waals surface area contributed by atoms with Gasteiger partial charge in [-0.05, 0) is 30.9 Å². The zero-order valence-corrected chi connectivity index (χ0v) is 12.4. The van der Waals surface area contributed by atoms with Crippen molar-refractivity contribution >= 4 is 11.7 Å². The van der Waals surface area contributed by atoms with Gasteiger partial charge in [-0.15, -0.1) is 0 Å². The van der Waals surface area contributed by atoms with Gasteiger partial charge in [-0.2, -0.15) is 0 Å². The van der Waals surface area contributed by atoms with Gasteiger partial charge in [0.25, 0.3) is 0 Å². The molecular weight excluding hydrogens is 238 g/mol. The van der Waals surface area contributed by atoms with Gasteiger partial charge < -0.3 is 10.1 Å². The largest absolute Gasteiger partial charge is 0.465 e. The van der Waals surface area contributed by atoms with Crippen molar-refractivity contribution < 1.29 is 9.53 Å². The fourth-order valence-electron chi connectivity index (χ4n) is 2.10. The number of esters is 1. The Kier molecular flexibility index (Phi) is 6.40. The van der Waals surface area contributed by atoms with Crippen LogP contribution in [0.15, 0.2) is 24.3 Å². The zero-order valence-electron chi connectivity index (χ0n) is 12.4. The van der Waals surface area contributed by atoms with Gasteiger partial charge in [0, 0.05) is 11.7 Å². The lowest BCUT2D eigenvalue weighted by Crippen LogP contribution is -2.22. The molecule has 0 fully saturated rings. The summed E-state index contributed by atoms with van der Waals surface area (Å²) in [5.74, 6) is 0.393. The van der Waals surface area contributed by atoms with Crippen LogP contribution >= 0.6 is 0 Å². The molecule has 19 heavy (non-hydrogen) atoms. The van der Waals surface area contributed by atoms with E-state index in [1.54, 1.807) is 6.07 Å². The van der Waals surface area contributed by atoms with Gasteiger partial charge in [-0.25, -0.2) is 4.79 Å². The number of nitrogens with one attached hydrogen (secondary N) is 1. The fourth-order valence-corrected chi connectivity index (χ4v) is 2.10. The molecule has 1 aromatic carbocycles. The molecule has 2 unspecified atom stereocenters. The van der Waals surface area contributed by atoms with Crippen LogP contribution < -0.4 is 5.32 Å². The summed E-state index contributed by atoms with van der Waals surface area (Å²) < 4.78 is 4.82. The minimum absolute atomic E-state index is 0.290. The van der Waals surface area contributed by atoms with E-state index < -0.39 is 0 Å². The molecule has 1 N–H and O–H groups in total. The molecule has 1 rings (SSSR count). The normalized spacial score (nSPS) is 13.7. The van der Waals surface area contributed by atoms with Gasteiger partial charge in [0.15, 0.2) is 0 Å². The van der Waals surface area contributed by atoms with Crippen molar-refractivity contribution in [3.63, 3.8) is 0 Å². The Labute approximate surface area is 116 Å². The van der Waals surface area contributed by atoms with Crippen LogP contribution in [0.5, 0.6) is 0 Å². The van der Waals surface area contributed by atoms with E-state index in [2.05, 4.69) is 26.1 Å². The molecule has 0 aliphatic carbocycles. The first-order valence-corrected chi connectivity index (χ1v) is 7.06. The van der Waals surface area contributed by atoms with E-state index in [0.29, 0.717) is 17.5 Å². The molecule has 0 saturated heterocycles. The van der Waals surface area contributed by atoms with Gasteiger partial charge in [0.1, 0.15) is 0 Å². The molecule has 0 radical (unpaired) electrons. The number of rotatable bonds is 7. The number of ether oxygens (including phenoxy) is 1. The predicted octanol–water partition coefficient (Wildman–Crippen LogP) is 4.10. The molecule has 0 aliphatic heterocycles. The summed E-state index contributed by atoms with van der Waals surface area (Å²) in [5.41, 5.74) is 1.47. The first-order valence-electron chi connectivity index (χ1n) is 7.06. The number of anilines is 1. The van der Waals surface area contributed by atoms with Crippen molar-refractivity contribution in [3.8, 4) is 0 Å². The van der Waals surface area contributed by atoms with E-state index >= 15 is 0 Å². The Bertz CT molecular complexity index is 403. The van der Waals surface area contributed by atoms with Gasteiger partial charge >= 0.3 is 5.97 Å². The Morgan fingerprint density at radius 3 is 2.53 bits per heavy atom. The van der Waals surface area contributed by atoms with Gasteiger partial charge in [-0.3, -0.25) is 0 Å². The van der Waals surface area contributed by atoms with Crippen molar-refractivity contribution in [2.24, 2.45) is 5.92 Å². The standard InChI is InChI=1S/C16H25NO2/c1-5-12(3)11-13(6-2)17-15-10-8-7-9-14(15)16(18)19-4/h7-10,12-13,17H,5-6,11H2,1-4H3. The maximum atomic E-state index is 11.7. The maximum Gasteiger partial charge on any atom is 0.339 e. The quantitative estimate of drug-likeness (QED) is 0.753. The number of para-hydroxylation sites is 1. The monoisotopic (exact) mass is 263 g/mol. The van der Waals surface area contributed by atoms with Crippen molar-refractivity contribution in [2.45, 2.75) is 46.1 Å². The minimum Gasteiger partial charge on any atom is -0.465 e. The number of benzene rings is 1. The number of hydrogen-bond donors (Lipinski definition) is 1. The van der Waals surface area contributed by atoms with Crippen LogP contribution in [0, 0.1) is 5.92 Å².